The van der Waals surface area contributed by atoms with Crippen molar-refractivity contribution < 1.29 is 23.5 Å². The third-order valence-electron chi connectivity index (χ3n) is 2.50. The van der Waals surface area contributed by atoms with E-state index in [1.807, 2.05) is 6.92 Å². The first kappa shape index (κ1) is 14.3. The molecule has 0 spiro atoms. The number of carbonyl (C=O) groups is 2. The van der Waals surface area contributed by atoms with Crippen molar-refractivity contribution >= 4 is 11.9 Å². The maximum absolute atomic E-state index is 11.9. The number of esters is 2. The van der Waals surface area contributed by atoms with E-state index in [0.29, 0.717) is 17.7 Å². The molecule has 1 rings (SSSR count). The van der Waals surface area contributed by atoms with E-state index in [0.717, 1.165) is 0 Å². The predicted octanol–water partition coefficient (Wildman–Crippen LogP) is 2.50. The Bertz CT molecular complexity index is 444. The minimum Gasteiger partial charge on any atom is -0.462 e. The summed E-state index contributed by atoms with van der Waals surface area (Å²) in [6.45, 7) is 7.47. The van der Waals surface area contributed by atoms with Crippen LogP contribution in [0.4, 0.5) is 0 Å². The van der Waals surface area contributed by atoms with Crippen molar-refractivity contribution in [3.05, 3.63) is 22.6 Å². The smallest absolute Gasteiger partial charge is 0.375 e. The van der Waals surface area contributed by atoms with E-state index >= 15 is 0 Å². The molecule has 1 heterocycles. The lowest BCUT2D eigenvalue weighted by atomic mass is 10.1. The second-order valence-electron chi connectivity index (χ2n) is 3.64. The number of hydrogen-bond acceptors (Lipinski definition) is 5. The molecule has 0 bridgehead atoms. The largest absolute Gasteiger partial charge is 0.462 e. The summed E-state index contributed by atoms with van der Waals surface area (Å²) in [4.78, 5) is 23.6. The summed E-state index contributed by atoms with van der Waals surface area (Å²) in [5.41, 5.74) is 0.881. The van der Waals surface area contributed by atoms with E-state index in [2.05, 4.69) is 0 Å². The monoisotopic (exact) mass is 254 g/mol. The Balaban J connectivity index is 3.25. The van der Waals surface area contributed by atoms with E-state index in [-0.39, 0.29) is 24.5 Å². The quantitative estimate of drug-likeness (QED) is 0.755. The minimum absolute atomic E-state index is 0.0651. The predicted molar refractivity (Wildman–Crippen MR) is 64.7 cm³/mol. The van der Waals surface area contributed by atoms with Gasteiger partial charge < -0.3 is 13.9 Å². The molecule has 5 nitrogen and oxygen atoms in total. The van der Waals surface area contributed by atoms with Crippen LogP contribution in [0, 0.1) is 6.92 Å². The molecule has 1 aromatic rings. The van der Waals surface area contributed by atoms with Crippen molar-refractivity contribution in [1.82, 2.24) is 0 Å². The van der Waals surface area contributed by atoms with Gasteiger partial charge >= 0.3 is 11.9 Å². The summed E-state index contributed by atoms with van der Waals surface area (Å²) >= 11 is 0. The number of carbonyl (C=O) groups excluding carboxylic acids is 2. The van der Waals surface area contributed by atoms with Crippen LogP contribution >= 0.6 is 0 Å². The van der Waals surface area contributed by atoms with Gasteiger partial charge in [0, 0.05) is 5.56 Å². The molecule has 18 heavy (non-hydrogen) atoms. The van der Waals surface area contributed by atoms with Gasteiger partial charge in [-0.15, -0.1) is 0 Å². The Morgan fingerprint density at radius 1 is 1.06 bits per heavy atom. The molecule has 0 aliphatic heterocycles. The first-order valence-corrected chi connectivity index (χ1v) is 6.03. The Kier molecular flexibility index (Phi) is 4.95. The lowest BCUT2D eigenvalue weighted by Crippen LogP contribution is -2.13. The molecule has 0 aliphatic carbocycles. The van der Waals surface area contributed by atoms with Gasteiger partial charge in [0.1, 0.15) is 11.3 Å². The van der Waals surface area contributed by atoms with Crippen LogP contribution in [0.3, 0.4) is 0 Å². The van der Waals surface area contributed by atoms with Crippen molar-refractivity contribution in [1.29, 1.82) is 0 Å². The Hall–Kier alpha value is -1.78. The topological polar surface area (TPSA) is 65.7 Å². The Morgan fingerprint density at radius 2 is 1.61 bits per heavy atom. The van der Waals surface area contributed by atoms with E-state index in [4.69, 9.17) is 13.9 Å². The van der Waals surface area contributed by atoms with Gasteiger partial charge in [-0.2, -0.15) is 0 Å². The minimum atomic E-state index is -0.636. The zero-order valence-electron chi connectivity index (χ0n) is 11.2. The summed E-state index contributed by atoms with van der Waals surface area (Å²) in [6.07, 6.45) is 0.586. The molecule has 0 N–H and O–H groups in total. The Morgan fingerprint density at radius 3 is 2.11 bits per heavy atom. The number of rotatable bonds is 5. The molecular formula is C13H18O5. The summed E-state index contributed by atoms with van der Waals surface area (Å²) in [7, 11) is 0. The Labute approximate surface area is 106 Å². The van der Waals surface area contributed by atoms with E-state index in [9.17, 15) is 9.59 Å². The number of aryl methyl sites for hydroxylation is 1. The lowest BCUT2D eigenvalue weighted by molar-refractivity contribution is 0.0450. The molecule has 100 valence electrons. The van der Waals surface area contributed by atoms with Gasteiger partial charge in [0.2, 0.25) is 5.76 Å². The zero-order chi connectivity index (χ0) is 13.7. The van der Waals surface area contributed by atoms with Crippen LogP contribution in [0.5, 0.6) is 0 Å². The fourth-order valence-corrected chi connectivity index (χ4v) is 1.76. The molecule has 0 saturated carbocycles. The number of hydrogen-bond donors (Lipinski definition) is 0. The maximum Gasteiger partial charge on any atom is 0.375 e. The van der Waals surface area contributed by atoms with Crippen LogP contribution in [-0.4, -0.2) is 25.2 Å². The van der Waals surface area contributed by atoms with E-state index in [1.165, 1.54) is 0 Å². The first-order valence-electron chi connectivity index (χ1n) is 6.03. The van der Waals surface area contributed by atoms with Crippen LogP contribution in [0.15, 0.2) is 4.42 Å². The summed E-state index contributed by atoms with van der Waals surface area (Å²) < 4.78 is 15.2. The van der Waals surface area contributed by atoms with Gasteiger partial charge in [-0.25, -0.2) is 9.59 Å². The molecule has 0 fully saturated rings. The molecule has 0 unspecified atom stereocenters. The van der Waals surface area contributed by atoms with Crippen molar-refractivity contribution in [3.63, 3.8) is 0 Å². The maximum atomic E-state index is 11.9. The highest BCUT2D eigenvalue weighted by atomic mass is 16.5. The summed E-state index contributed by atoms with van der Waals surface area (Å²) in [6, 6.07) is 0. The molecule has 1 aromatic heterocycles. The highest BCUT2D eigenvalue weighted by Gasteiger charge is 2.29. The summed E-state index contributed by atoms with van der Waals surface area (Å²) in [5.74, 6) is -0.703. The van der Waals surface area contributed by atoms with Crippen molar-refractivity contribution in [2.24, 2.45) is 0 Å². The second kappa shape index (κ2) is 6.23. The standard InChI is InChI=1S/C13H18O5/c1-5-9-8(4)18-11(13(15)17-7-3)10(9)12(14)16-6-2/h5-7H2,1-4H3. The molecule has 0 aromatic carbocycles. The van der Waals surface area contributed by atoms with Gasteiger partial charge in [0.05, 0.1) is 13.2 Å². The third kappa shape index (κ3) is 2.72. The third-order valence-corrected chi connectivity index (χ3v) is 2.50. The van der Waals surface area contributed by atoms with E-state index in [1.54, 1.807) is 20.8 Å². The molecular weight excluding hydrogens is 236 g/mol. The van der Waals surface area contributed by atoms with Crippen LogP contribution < -0.4 is 0 Å². The van der Waals surface area contributed by atoms with Crippen molar-refractivity contribution in [3.8, 4) is 0 Å². The zero-order valence-corrected chi connectivity index (χ0v) is 11.2. The number of ether oxygens (including phenoxy) is 2. The van der Waals surface area contributed by atoms with Gasteiger partial charge in [-0.3, -0.25) is 0 Å². The highest BCUT2D eigenvalue weighted by molar-refractivity contribution is 6.02. The average Bonchev–Trinajstić information content (AvgIpc) is 2.66. The van der Waals surface area contributed by atoms with Gasteiger partial charge in [0.15, 0.2) is 0 Å². The number of furan rings is 1. The average molecular weight is 254 g/mol. The lowest BCUT2D eigenvalue weighted by Gasteiger charge is -2.04. The molecule has 0 aliphatic rings. The fraction of sp³-hybridized carbons (Fsp3) is 0.538. The highest BCUT2D eigenvalue weighted by Crippen LogP contribution is 2.24. The molecule has 0 saturated heterocycles. The van der Waals surface area contributed by atoms with Crippen molar-refractivity contribution in [2.75, 3.05) is 13.2 Å². The van der Waals surface area contributed by atoms with E-state index < -0.39 is 11.9 Å². The van der Waals surface area contributed by atoms with Gasteiger partial charge in [0.25, 0.3) is 0 Å². The van der Waals surface area contributed by atoms with Crippen LogP contribution in [-0.2, 0) is 15.9 Å². The molecule has 0 atom stereocenters. The van der Waals surface area contributed by atoms with Crippen molar-refractivity contribution in [2.45, 2.75) is 34.1 Å². The molecule has 0 radical (unpaired) electrons. The summed E-state index contributed by atoms with van der Waals surface area (Å²) in [5, 5.41) is 0. The SMILES string of the molecule is CCOC(=O)c1oc(C)c(CC)c1C(=O)OCC. The van der Waals surface area contributed by atoms with Crippen LogP contribution in [0.1, 0.15) is 53.0 Å². The first-order chi connectivity index (χ1) is 8.56. The van der Waals surface area contributed by atoms with Crippen LogP contribution in [0.25, 0.3) is 0 Å². The van der Waals surface area contributed by atoms with Crippen LogP contribution in [0.2, 0.25) is 0 Å². The molecule has 5 heteroatoms. The molecule has 0 amide bonds. The fourth-order valence-electron chi connectivity index (χ4n) is 1.76. The van der Waals surface area contributed by atoms with Gasteiger partial charge in [-0.1, -0.05) is 6.92 Å². The van der Waals surface area contributed by atoms with Gasteiger partial charge in [-0.05, 0) is 27.2 Å². The second-order valence-corrected chi connectivity index (χ2v) is 3.64. The normalized spacial score (nSPS) is 10.2.